The topological polar surface area (TPSA) is 38.3 Å². The van der Waals surface area contributed by atoms with Gasteiger partial charge in [-0.3, -0.25) is 4.79 Å². The molecule has 2 aromatic rings. The van der Waals surface area contributed by atoms with Crippen LogP contribution in [0.3, 0.4) is 0 Å². The zero-order chi connectivity index (χ0) is 17.5. The van der Waals surface area contributed by atoms with Crippen LogP contribution in [0.1, 0.15) is 50.6 Å². The summed E-state index contributed by atoms with van der Waals surface area (Å²) in [6, 6.07) is 20.0. The summed E-state index contributed by atoms with van der Waals surface area (Å²) < 4.78 is 5.91. The molecule has 1 fully saturated rings. The Balaban J connectivity index is 1.72. The molecule has 132 valence electrons. The summed E-state index contributed by atoms with van der Waals surface area (Å²) in [7, 11) is 0. The zero-order valence-electron chi connectivity index (χ0n) is 14.9. The van der Waals surface area contributed by atoms with Crippen molar-refractivity contribution in [3.8, 4) is 5.75 Å². The minimum absolute atomic E-state index is 0.0212. The van der Waals surface area contributed by atoms with Crippen molar-refractivity contribution in [1.29, 1.82) is 0 Å². The SMILES string of the molecule is CC[C@@H](Oc1ccccc1)C(=O)N[C@H](c1ccccc1)C1CCCC1. The number of nitrogens with one attached hydrogen (secondary N) is 1. The molecule has 0 aliphatic heterocycles. The molecule has 1 saturated carbocycles. The molecule has 2 atom stereocenters. The smallest absolute Gasteiger partial charge is 0.261 e. The van der Waals surface area contributed by atoms with Crippen LogP contribution < -0.4 is 10.1 Å². The molecule has 0 aromatic heterocycles. The monoisotopic (exact) mass is 337 g/mol. The fourth-order valence-electron chi connectivity index (χ4n) is 3.66. The number of ether oxygens (including phenoxy) is 1. The van der Waals surface area contributed by atoms with E-state index in [0.29, 0.717) is 12.3 Å². The highest BCUT2D eigenvalue weighted by Crippen LogP contribution is 2.35. The Labute approximate surface area is 150 Å². The molecule has 1 aliphatic rings. The zero-order valence-corrected chi connectivity index (χ0v) is 14.9. The van der Waals surface area contributed by atoms with Gasteiger partial charge in [-0.25, -0.2) is 0 Å². The molecule has 0 saturated heterocycles. The maximum atomic E-state index is 12.9. The van der Waals surface area contributed by atoms with E-state index in [9.17, 15) is 4.79 Å². The number of hydrogen-bond acceptors (Lipinski definition) is 2. The van der Waals surface area contributed by atoms with E-state index in [2.05, 4.69) is 17.4 Å². The van der Waals surface area contributed by atoms with Crippen LogP contribution in [0.4, 0.5) is 0 Å². The van der Waals surface area contributed by atoms with Crippen molar-refractivity contribution in [2.45, 2.75) is 51.2 Å². The van der Waals surface area contributed by atoms with E-state index in [0.717, 1.165) is 5.75 Å². The molecule has 0 unspecified atom stereocenters. The molecule has 1 amide bonds. The lowest BCUT2D eigenvalue weighted by atomic mass is 9.91. The lowest BCUT2D eigenvalue weighted by molar-refractivity contribution is -0.129. The standard InChI is InChI=1S/C22H27NO2/c1-2-20(25-19-15-7-4-8-16-19)22(24)23-21(18-13-9-10-14-18)17-11-5-3-6-12-17/h3-8,11-12,15-16,18,20-21H,2,9-10,13-14H2,1H3,(H,23,24)/t20-,21-/m1/s1. The number of carbonyl (C=O) groups is 1. The largest absolute Gasteiger partial charge is 0.481 e. The second kappa shape index (κ2) is 8.70. The Hall–Kier alpha value is -2.29. The van der Waals surface area contributed by atoms with Crippen LogP contribution in [-0.4, -0.2) is 12.0 Å². The first-order valence-electron chi connectivity index (χ1n) is 9.35. The predicted octanol–water partition coefficient (Wildman–Crippen LogP) is 4.89. The highest BCUT2D eigenvalue weighted by Gasteiger charge is 2.30. The molecule has 3 rings (SSSR count). The maximum absolute atomic E-state index is 12.9. The molecular formula is C22H27NO2. The van der Waals surface area contributed by atoms with E-state index < -0.39 is 6.10 Å². The van der Waals surface area contributed by atoms with Crippen molar-refractivity contribution in [1.82, 2.24) is 5.32 Å². The first-order chi connectivity index (χ1) is 12.3. The Morgan fingerprint density at radius 3 is 2.24 bits per heavy atom. The fourth-order valence-corrected chi connectivity index (χ4v) is 3.66. The van der Waals surface area contributed by atoms with Crippen molar-refractivity contribution < 1.29 is 9.53 Å². The third-order valence-electron chi connectivity index (χ3n) is 5.01. The normalized spacial score (nSPS) is 17.0. The minimum atomic E-state index is -0.463. The van der Waals surface area contributed by atoms with Gasteiger partial charge < -0.3 is 10.1 Å². The van der Waals surface area contributed by atoms with Gasteiger partial charge in [-0.1, -0.05) is 68.3 Å². The van der Waals surface area contributed by atoms with Gasteiger partial charge in [0.15, 0.2) is 6.10 Å². The molecule has 2 aromatic carbocycles. The molecule has 0 bridgehead atoms. The molecular weight excluding hydrogens is 310 g/mol. The van der Waals surface area contributed by atoms with E-state index in [1.54, 1.807) is 0 Å². The van der Waals surface area contributed by atoms with E-state index in [1.165, 1.54) is 31.2 Å². The summed E-state index contributed by atoms with van der Waals surface area (Å²) >= 11 is 0. The average molecular weight is 337 g/mol. The van der Waals surface area contributed by atoms with Crippen LogP contribution in [0.15, 0.2) is 60.7 Å². The molecule has 0 spiro atoms. The third kappa shape index (κ3) is 4.62. The summed E-state index contributed by atoms with van der Waals surface area (Å²) in [6.45, 7) is 1.99. The average Bonchev–Trinajstić information content (AvgIpc) is 3.20. The van der Waals surface area contributed by atoms with Crippen molar-refractivity contribution in [3.63, 3.8) is 0 Å². The molecule has 1 N–H and O–H groups in total. The minimum Gasteiger partial charge on any atom is -0.481 e. The number of para-hydroxylation sites is 1. The van der Waals surface area contributed by atoms with Crippen LogP contribution in [0, 0.1) is 5.92 Å². The van der Waals surface area contributed by atoms with E-state index >= 15 is 0 Å². The highest BCUT2D eigenvalue weighted by molar-refractivity contribution is 5.81. The van der Waals surface area contributed by atoms with Crippen molar-refractivity contribution in [2.24, 2.45) is 5.92 Å². The number of carbonyl (C=O) groups excluding carboxylic acids is 1. The molecule has 25 heavy (non-hydrogen) atoms. The summed E-state index contributed by atoms with van der Waals surface area (Å²) in [5.41, 5.74) is 1.19. The van der Waals surface area contributed by atoms with Gasteiger partial charge in [-0.2, -0.15) is 0 Å². The van der Waals surface area contributed by atoms with Crippen LogP contribution in [-0.2, 0) is 4.79 Å². The Morgan fingerprint density at radius 2 is 1.64 bits per heavy atom. The number of rotatable bonds is 7. The lowest BCUT2D eigenvalue weighted by Crippen LogP contribution is -2.42. The predicted molar refractivity (Wildman–Crippen MR) is 100 cm³/mol. The van der Waals surface area contributed by atoms with Crippen molar-refractivity contribution in [2.75, 3.05) is 0 Å². The number of amides is 1. The van der Waals surface area contributed by atoms with Crippen LogP contribution in [0.25, 0.3) is 0 Å². The van der Waals surface area contributed by atoms with Gasteiger partial charge in [0, 0.05) is 0 Å². The summed E-state index contributed by atoms with van der Waals surface area (Å²) in [5, 5.41) is 3.28. The molecule has 0 radical (unpaired) electrons. The van der Waals surface area contributed by atoms with Gasteiger partial charge in [0.05, 0.1) is 6.04 Å². The van der Waals surface area contributed by atoms with Gasteiger partial charge in [-0.05, 0) is 42.9 Å². The van der Waals surface area contributed by atoms with Gasteiger partial charge in [0.1, 0.15) is 5.75 Å². The Bertz CT molecular complexity index is 650. The van der Waals surface area contributed by atoms with Crippen LogP contribution in [0.5, 0.6) is 5.75 Å². The first-order valence-corrected chi connectivity index (χ1v) is 9.35. The third-order valence-corrected chi connectivity index (χ3v) is 5.01. The van der Waals surface area contributed by atoms with E-state index in [4.69, 9.17) is 4.74 Å². The second-order valence-electron chi connectivity index (χ2n) is 6.77. The van der Waals surface area contributed by atoms with Gasteiger partial charge in [0.2, 0.25) is 0 Å². The number of benzene rings is 2. The molecule has 3 heteroatoms. The quantitative estimate of drug-likeness (QED) is 0.781. The highest BCUT2D eigenvalue weighted by atomic mass is 16.5. The Kier molecular flexibility index (Phi) is 6.10. The lowest BCUT2D eigenvalue weighted by Gasteiger charge is -2.27. The van der Waals surface area contributed by atoms with Gasteiger partial charge in [0.25, 0.3) is 5.91 Å². The summed E-state index contributed by atoms with van der Waals surface area (Å²) in [5.74, 6) is 1.23. The Morgan fingerprint density at radius 1 is 1.04 bits per heavy atom. The first kappa shape index (κ1) is 17.5. The molecule has 1 aliphatic carbocycles. The van der Waals surface area contributed by atoms with Gasteiger partial charge >= 0.3 is 0 Å². The van der Waals surface area contributed by atoms with Crippen molar-refractivity contribution >= 4 is 5.91 Å². The van der Waals surface area contributed by atoms with Crippen LogP contribution in [0.2, 0.25) is 0 Å². The molecule has 3 nitrogen and oxygen atoms in total. The second-order valence-corrected chi connectivity index (χ2v) is 6.77. The maximum Gasteiger partial charge on any atom is 0.261 e. The van der Waals surface area contributed by atoms with Gasteiger partial charge in [-0.15, -0.1) is 0 Å². The van der Waals surface area contributed by atoms with E-state index in [-0.39, 0.29) is 11.9 Å². The van der Waals surface area contributed by atoms with Crippen LogP contribution >= 0.6 is 0 Å². The fraction of sp³-hybridized carbons (Fsp3) is 0.409. The molecule has 0 heterocycles. The van der Waals surface area contributed by atoms with Crippen molar-refractivity contribution in [3.05, 3.63) is 66.2 Å². The van der Waals surface area contributed by atoms with E-state index in [1.807, 2.05) is 55.5 Å². The summed E-state index contributed by atoms with van der Waals surface area (Å²) in [6.07, 6.45) is 5.04. The number of hydrogen-bond donors (Lipinski definition) is 1. The summed E-state index contributed by atoms with van der Waals surface area (Å²) in [4.78, 5) is 12.9.